The molecule has 2 aliphatic heterocycles. The second-order valence-electron chi connectivity index (χ2n) is 9.25. The molecule has 0 saturated carbocycles. The van der Waals surface area contributed by atoms with Crippen LogP contribution in [-0.2, 0) is 13.1 Å². The van der Waals surface area contributed by atoms with Crippen LogP contribution >= 0.6 is 11.6 Å². The zero-order valence-electron chi connectivity index (χ0n) is 19.2. The number of likely N-dealkylation sites (tertiary alicyclic amines) is 1. The molecule has 34 heavy (non-hydrogen) atoms. The quantitative estimate of drug-likeness (QED) is 0.568. The highest BCUT2D eigenvalue weighted by atomic mass is 35.5. The average molecular weight is 480 g/mol. The van der Waals surface area contributed by atoms with Gasteiger partial charge in [-0.2, -0.15) is 0 Å². The maximum absolute atomic E-state index is 12.5. The van der Waals surface area contributed by atoms with E-state index in [9.17, 15) is 9.90 Å². The van der Waals surface area contributed by atoms with Crippen molar-refractivity contribution in [3.05, 3.63) is 93.0 Å². The van der Waals surface area contributed by atoms with Crippen molar-refractivity contribution in [2.45, 2.75) is 25.4 Å². The van der Waals surface area contributed by atoms with Crippen LogP contribution in [0.5, 0.6) is 5.75 Å². The summed E-state index contributed by atoms with van der Waals surface area (Å²) < 4.78 is 5.34. The molecule has 178 valence electrons. The number of aromatic hydroxyl groups is 1. The zero-order valence-corrected chi connectivity index (χ0v) is 20.0. The molecule has 2 aromatic carbocycles. The molecule has 0 aliphatic carbocycles. The van der Waals surface area contributed by atoms with E-state index in [2.05, 4.69) is 45.0 Å². The van der Waals surface area contributed by atoms with Crippen LogP contribution in [-0.4, -0.2) is 54.2 Å². The molecule has 1 aromatic heterocycles. The third-order valence-corrected chi connectivity index (χ3v) is 7.24. The van der Waals surface area contributed by atoms with Gasteiger partial charge in [0.05, 0.1) is 5.56 Å². The molecule has 1 unspecified atom stereocenters. The van der Waals surface area contributed by atoms with Crippen molar-refractivity contribution >= 4 is 17.3 Å². The van der Waals surface area contributed by atoms with E-state index in [1.165, 1.54) is 11.8 Å². The van der Waals surface area contributed by atoms with E-state index in [1.54, 1.807) is 0 Å². The molecule has 2 saturated heterocycles. The Morgan fingerprint density at radius 2 is 1.74 bits per heavy atom. The van der Waals surface area contributed by atoms with Crippen molar-refractivity contribution in [3.8, 4) is 5.75 Å². The van der Waals surface area contributed by atoms with Gasteiger partial charge in [0.1, 0.15) is 12.0 Å². The molecule has 1 N–H and O–H groups in total. The summed E-state index contributed by atoms with van der Waals surface area (Å²) in [5.74, 6) is 0.533. The summed E-state index contributed by atoms with van der Waals surface area (Å²) in [4.78, 5) is 19.3. The fourth-order valence-corrected chi connectivity index (χ4v) is 5.25. The number of hydrogen-bond acceptors (Lipinski definition) is 6. The molecule has 0 amide bonds. The van der Waals surface area contributed by atoms with Gasteiger partial charge >= 0.3 is 5.63 Å². The largest absolute Gasteiger partial charge is 0.507 e. The first-order chi connectivity index (χ1) is 16.6. The van der Waals surface area contributed by atoms with Crippen molar-refractivity contribution < 1.29 is 9.52 Å². The molecule has 3 heterocycles. The predicted octanol–water partition coefficient (Wildman–Crippen LogP) is 4.31. The van der Waals surface area contributed by atoms with E-state index in [0.29, 0.717) is 30.1 Å². The zero-order chi connectivity index (χ0) is 23.5. The Morgan fingerprint density at radius 3 is 2.50 bits per heavy atom. The van der Waals surface area contributed by atoms with Gasteiger partial charge in [0.25, 0.3) is 0 Å². The van der Waals surface area contributed by atoms with Gasteiger partial charge < -0.3 is 14.4 Å². The first kappa shape index (κ1) is 23.0. The van der Waals surface area contributed by atoms with Crippen molar-refractivity contribution in [1.29, 1.82) is 0 Å². The number of hydrogen-bond donors (Lipinski definition) is 1. The summed E-state index contributed by atoms with van der Waals surface area (Å²) in [7, 11) is 0. The highest BCUT2D eigenvalue weighted by molar-refractivity contribution is 6.30. The Kier molecular flexibility index (Phi) is 6.90. The monoisotopic (exact) mass is 479 g/mol. The van der Waals surface area contributed by atoms with Crippen LogP contribution in [0.15, 0.2) is 70.1 Å². The number of rotatable bonds is 6. The van der Waals surface area contributed by atoms with Gasteiger partial charge in [-0.25, -0.2) is 4.79 Å². The minimum Gasteiger partial charge on any atom is -0.507 e. The molecule has 2 fully saturated rings. The Morgan fingerprint density at radius 1 is 0.941 bits per heavy atom. The van der Waals surface area contributed by atoms with Gasteiger partial charge in [0.15, 0.2) is 0 Å². The number of piperazine rings is 1. The summed E-state index contributed by atoms with van der Waals surface area (Å²) in [5.41, 5.74) is 3.04. The van der Waals surface area contributed by atoms with Gasteiger partial charge in [0.2, 0.25) is 0 Å². The Hall–Kier alpha value is -2.80. The van der Waals surface area contributed by atoms with E-state index >= 15 is 0 Å². The lowest BCUT2D eigenvalue weighted by Crippen LogP contribution is -2.46. The summed E-state index contributed by atoms with van der Waals surface area (Å²) in [5, 5.41) is 11.7. The van der Waals surface area contributed by atoms with Crippen molar-refractivity contribution in [3.63, 3.8) is 0 Å². The standard InChI is InChI=1S/C27H30ClN3O3/c28-23-7-4-8-24(15-23)31-13-11-29(12-14-31)17-22-19-34-27(33)25(26(22)32)18-30-10-9-21(16-30)20-5-2-1-3-6-20/h1-8,15,19,21,32H,9-14,16-18H2. The summed E-state index contributed by atoms with van der Waals surface area (Å²) in [6.07, 6.45) is 2.47. The Labute approximate surface area is 205 Å². The predicted molar refractivity (Wildman–Crippen MR) is 135 cm³/mol. The van der Waals surface area contributed by atoms with Crippen LogP contribution in [0.3, 0.4) is 0 Å². The molecule has 3 aromatic rings. The molecule has 5 rings (SSSR count). The summed E-state index contributed by atoms with van der Waals surface area (Å²) in [6.45, 7) is 6.19. The minimum atomic E-state index is -0.449. The first-order valence-corrected chi connectivity index (χ1v) is 12.3. The van der Waals surface area contributed by atoms with E-state index in [1.807, 2.05) is 24.3 Å². The van der Waals surface area contributed by atoms with E-state index < -0.39 is 5.63 Å². The smallest absolute Gasteiger partial charge is 0.343 e. The maximum Gasteiger partial charge on any atom is 0.343 e. The SMILES string of the molecule is O=c1occ(CN2CCN(c3cccc(Cl)c3)CC2)c(O)c1CN1CCC(c2ccccc2)C1. The van der Waals surface area contributed by atoms with E-state index in [0.717, 1.165) is 56.4 Å². The van der Waals surface area contributed by atoms with E-state index in [4.69, 9.17) is 16.0 Å². The van der Waals surface area contributed by atoms with Gasteiger partial charge in [0, 0.05) is 62.1 Å². The van der Waals surface area contributed by atoms with Gasteiger partial charge in [-0.15, -0.1) is 0 Å². The molecule has 1 atom stereocenters. The fraction of sp³-hybridized carbons (Fsp3) is 0.370. The molecule has 7 heteroatoms. The normalized spacial score (nSPS) is 19.6. The van der Waals surface area contributed by atoms with Crippen molar-refractivity contribution in [2.24, 2.45) is 0 Å². The number of anilines is 1. The molecular formula is C27H30ClN3O3. The molecule has 0 bridgehead atoms. The molecular weight excluding hydrogens is 450 g/mol. The highest BCUT2D eigenvalue weighted by Crippen LogP contribution is 2.30. The molecule has 2 aliphatic rings. The Bertz CT molecular complexity index is 1180. The van der Waals surface area contributed by atoms with Crippen LogP contribution in [0.4, 0.5) is 5.69 Å². The fourth-order valence-electron chi connectivity index (χ4n) is 5.07. The number of nitrogens with zero attached hydrogens (tertiary/aromatic N) is 3. The third kappa shape index (κ3) is 5.14. The lowest BCUT2D eigenvalue weighted by Gasteiger charge is -2.36. The second-order valence-corrected chi connectivity index (χ2v) is 9.69. The van der Waals surface area contributed by atoms with Gasteiger partial charge in [-0.05, 0) is 42.6 Å². The second kappa shape index (κ2) is 10.2. The number of benzene rings is 2. The Balaban J connectivity index is 1.21. The highest BCUT2D eigenvalue weighted by Gasteiger charge is 2.27. The average Bonchev–Trinajstić information content (AvgIpc) is 3.33. The van der Waals surface area contributed by atoms with Crippen LogP contribution in [0, 0.1) is 0 Å². The van der Waals surface area contributed by atoms with Crippen LogP contribution < -0.4 is 10.5 Å². The minimum absolute atomic E-state index is 0.0803. The topological polar surface area (TPSA) is 60.2 Å². The molecule has 0 spiro atoms. The molecule has 0 radical (unpaired) electrons. The summed E-state index contributed by atoms with van der Waals surface area (Å²) >= 11 is 6.14. The summed E-state index contributed by atoms with van der Waals surface area (Å²) in [6, 6.07) is 18.4. The van der Waals surface area contributed by atoms with Gasteiger partial charge in [-0.3, -0.25) is 9.80 Å². The van der Waals surface area contributed by atoms with Crippen molar-refractivity contribution in [2.75, 3.05) is 44.2 Å². The lowest BCUT2D eigenvalue weighted by molar-refractivity contribution is 0.241. The number of halogens is 1. The van der Waals surface area contributed by atoms with Crippen LogP contribution in [0.1, 0.15) is 29.0 Å². The lowest BCUT2D eigenvalue weighted by atomic mass is 9.99. The molecule has 6 nitrogen and oxygen atoms in total. The van der Waals surface area contributed by atoms with Gasteiger partial charge in [-0.1, -0.05) is 48.0 Å². The van der Waals surface area contributed by atoms with E-state index in [-0.39, 0.29) is 5.75 Å². The third-order valence-electron chi connectivity index (χ3n) is 7.01. The van der Waals surface area contributed by atoms with Crippen molar-refractivity contribution in [1.82, 2.24) is 9.80 Å². The van der Waals surface area contributed by atoms with Crippen LogP contribution in [0.2, 0.25) is 5.02 Å². The first-order valence-electron chi connectivity index (χ1n) is 11.9. The maximum atomic E-state index is 12.5. The van der Waals surface area contributed by atoms with Crippen LogP contribution in [0.25, 0.3) is 0 Å².